The van der Waals surface area contributed by atoms with E-state index in [1.807, 2.05) is 18.5 Å². The number of carbonyl (C=O) groups excluding carboxylic acids is 1. The predicted molar refractivity (Wildman–Crippen MR) is 85.3 cm³/mol. The van der Waals surface area contributed by atoms with Gasteiger partial charge in [-0.15, -0.1) is 0 Å². The fraction of sp³-hybridized carbons (Fsp3) is 0.353. The van der Waals surface area contributed by atoms with Gasteiger partial charge in [-0.2, -0.15) is 0 Å². The molecule has 0 unspecified atom stereocenters. The third-order valence-electron chi connectivity index (χ3n) is 4.20. The number of carbonyl (C=O) groups is 1. The van der Waals surface area contributed by atoms with Crippen molar-refractivity contribution in [2.75, 3.05) is 6.54 Å². The average molecular weight is 342 g/mol. The number of hydrogen-bond acceptors (Lipinski definition) is 6. The van der Waals surface area contributed by atoms with Crippen LogP contribution in [0.5, 0.6) is 0 Å². The van der Waals surface area contributed by atoms with Crippen LogP contribution in [0.2, 0.25) is 0 Å². The van der Waals surface area contributed by atoms with Gasteiger partial charge in [-0.25, -0.2) is 4.98 Å². The number of imidazole rings is 1. The summed E-state index contributed by atoms with van der Waals surface area (Å²) in [5.74, 6) is 0.866. The number of aryl methyl sites for hydroxylation is 1. The smallest absolute Gasteiger partial charge is 0.292 e. The molecular weight excluding hydrogens is 324 g/mol. The Morgan fingerprint density at radius 3 is 3.04 bits per heavy atom. The molecule has 0 radical (unpaired) electrons. The van der Waals surface area contributed by atoms with E-state index in [1.165, 1.54) is 6.20 Å². The van der Waals surface area contributed by atoms with Crippen molar-refractivity contribution in [1.82, 2.24) is 19.6 Å². The molecule has 4 heterocycles. The Balaban J connectivity index is 1.46. The second-order valence-electron chi connectivity index (χ2n) is 5.86. The predicted octanol–water partition coefficient (Wildman–Crippen LogP) is 2.23. The highest BCUT2D eigenvalue weighted by Crippen LogP contribution is 2.19. The Morgan fingerprint density at radius 2 is 2.24 bits per heavy atom. The molecule has 3 aromatic heterocycles. The molecule has 1 aliphatic rings. The minimum absolute atomic E-state index is 0.158. The van der Waals surface area contributed by atoms with Crippen LogP contribution in [0.4, 0.5) is 0 Å². The third-order valence-corrected chi connectivity index (χ3v) is 4.20. The maximum atomic E-state index is 12.5. The number of aromatic nitrogens is 3. The molecule has 0 bridgehead atoms. The van der Waals surface area contributed by atoms with Crippen molar-refractivity contribution in [2.45, 2.75) is 32.7 Å². The first-order chi connectivity index (χ1) is 12.3. The molecule has 4 rings (SSSR count). The SMILES string of the molecule is O=C(c1ccno1)N1CCCn2cnc(COCc3ccco3)c2C1. The molecule has 0 N–H and O–H groups in total. The number of fused-ring (bicyclic) bond motifs is 1. The summed E-state index contributed by atoms with van der Waals surface area (Å²) >= 11 is 0. The molecule has 0 saturated heterocycles. The van der Waals surface area contributed by atoms with E-state index in [9.17, 15) is 4.79 Å². The molecule has 8 nitrogen and oxygen atoms in total. The number of rotatable bonds is 5. The summed E-state index contributed by atoms with van der Waals surface area (Å²) in [4.78, 5) is 18.8. The van der Waals surface area contributed by atoms with E-state index >= 15 is 0 Å². The first-order valence-electron chi connectivity index (χ1n) is 8.14. The van der Waals surface area contributed by atoms with Gasteiger partial charge in [0.15, 0.2) is 0 Å². The van der Waals surface area contributed by atoms with Crippen molar-refractivity contribution in [3.05, 3.63) is 59.9 Å². The van der Waals surface area contributed by atoms with E-state index in [0.717, 1.165) is 30.1 Å². The Hall–Kier alpha value is -2.87. The van der Waals surface area contributed by atoms with Crippen molar-refractivity contribution in [1.29, 1.82) is 0 Å². The lowest BCUT2D eigenvalue weighted by Crippen LogP contribution is -2.30. The van der Waals surface area contributed by atoms with Crippen LogP contribution < -0.4 is 0 Å². The summed E-state index contributed by atoms with van der Waals surface area (Å²) in [5.41, 5.74) is 1.83. The molecule has 130 valence electrons. The van der Waals surface area contributed by atoms with E-state index in [-0.39, 0.29) is 11.7 Å². The Bertz CT molecular complexity index is 823. The van der Waals surface area contributed by atoms with Gasteiger partial charge < -0.3 is 23.1 Å². The van der Waals surface area contributed by atoms with Crippen molar-refractivity contribution in [2.24, 2.45) is 0 Å². The topological polar surface area (TPSA) is 86.5 Å². The van der Waals surface area contributed by atoms with Crippen LogP contribution in [0, 0.1) is 0 Å². The van der Waals surface area contributed by atoms with Crippen LogP contribution in [0.3, 0.4) is 0 Å². The van der Waals surface area contributed by atoms with Crippen LogP contribution >= 0.6 is 0 Å². The summed E-state index contributed by atoms with van der Waals surface area (Å²) in [6.45, 7) is 2.71. The molecule has 0 aliphatic carbocycles. The quantitative estimate of drug-likeness (QED) is 0.707. The normalized spacial score (nSPS) is 14.3. The highest BCUT2D eigenvalue weighted by molar-refractivity contribution is 5.91. The minimum atomic E-state index is -0.158. The van der Waals surface area contributed by atoms with Crippen LogP contribution in [0.1, 0.15) is 34.1 Å². The molecule has 0 fully saturated rings. The molecule has 8 heteroatoms. The number of ether oxygens (including phenoxy) is 1. The second kappa shape index (κ2) is 6.94. The molecule has 3 aromatic rings. The molecule has 0 atom stereocenters. The Morgan fingerprint density at radius 1 is 1.28 bits per heavy atom. The summed E-state index contributed by atoms with van der Waals surface area (Å²) < 4.78 is 18.0. The Kier molecular flexibility index (Phi) is 4.34. The van der Waals surface area contributed by atoms with Crippen LogP contribution in [-0.2, 0) is 31.0 Å². The summed E-state index contributed by atoms with van der Waals surface area (Å²) in [7, 11) is 0. The van der Waals surface area contributed by atoms with Gasteiger partial charge in [-0.1, -0.05) is 5.16 Å². The lowest BCUT2D eigenvalue weighted by atomic mass is 10.3. The molecule has 1 amide bonds. The maximum absolute atomic E-state index is 12.5. The standard InChI is InChI=1S/C17H18N4O4/c22-17(16-4-5-19-25-16)20-6-2-7-21-12-18-14(15(21)9-20)11-23-10-13-3-1-8-24-13/h1,3-5,8,12H,2,6-7,9-11H2. The number of amides is 1. The molecule has 0 spiro atoms. The van der Waals surface area contributed by atoms with Crippen molar-refractivity contribution in [3.8, 4) is 0 Å². The van der Waals surface area contributed by atoms with Gasteiger partial charge in [0.25, 0.3) is 5.91 Å². The number of furan rings is 1. The van der Waals surface area contributed by atoms with Crippen LogP contribution in [0.15, 0.2) is 45.9 Å². The monoisotopic (exact) mass is 342 g/mol. The van der Waals surface area contributed by atoms with E-state index in [0.29, 0.717) is 26.3 Å². The third kappa shape index (κ3) is 3.34. The summed E-state index contributed by atoms with van der Waals surface area (Å²) in [6.07, 6.45) is 5.76. The Labute approximate surface area is 144 Å². The van der Waals surface area contributed by atoms with Gasteiger partial charge in [0.2, 0.25) is 5.76 Å². The first kappa shape index (κ1) is 15.6. The zero-order valence-electron chi connectivity index (χ0n) is 13.6. The summed E-state index contributed by atoms with van der Waals surface area (Å²) in [6, 6.07) is 5.28. The molecule has 0 aromatic carbocycles. The van der Waals surface area contributed by atoms with Gasteiger partial charge in [0, 0.05) is 19.2 Å². The van der Waals surface area contributed by atoms with Crippen molar-refractivity contribution < 1.29 is 18.5 Å². The largest absolute Gasteiger partial charge is 0.467 e. The van der Waals surface area contributed by atoms with Crippen LogP contribution in [-0.4, -0.2) is 32.1 Å². The lowest BCUT2D eigenvalue weighted by molar-refractivity contribution is 0.0697. The second-order valence-corrected chi connectivity index (χ2v) is 5.86. The highest BCUT2D eigenvalue weighted by Gasteiger charge is 2.25. The van der Waals surface area contributed by atoms with Gasteiger partial charge in [0.1, 0.15) is 12.4 Å². The zero-order chi connectivity index (χ0) is 17.1. The van der Waals surface area contributed by atoms with Gasteiger partial charge in [-0.3, -0.25) is 4.79 Å². The summed E-state index contributed by atoms with van der Waals surface area (Å²) in [5, 5.41) is 3.61. The number of hydrogen-bond donors (Lipinski definition) is 0. The van der Waals surface area contributed by atoms with E-state index < -0.39 is 0 Å². The zero-order valence-corrected chi connectivity index (χ0v) is 13.6. The van der Waals surface area contributed by atoms with E-state index in [1.54, 1.807) is 17.2 Å². The average Bonchev–Trinajstić information content (AvgIpc) is 3.36. The van der Waals surface area contributed by atoms with Gasteiger partial charge >= 0.3 is 0 Å². The highest BCUT2D eigenvalue weighted by atomic mass is 16.5. The number of nitrogens with zero attached hydrogens (tertiary/aromatic N) is 4. The van der Waals surface area contributed by atoms with Gasteiger partial charge in [-0.05, 0) is 18.6 Å². The first-order valence-corrected chi connectivity index (χ1v) is 8.14. The minimum Gasteiger partial charge on any atom is -0.467 e. The lowest BCUT2D eigenvalue weighted by Gasteiger charge is -2.19. The van der Waals surface area contributed by atoms with Gasteiger partial charge in [0.05, 0.1) is 43.3 Å². The molecule has 0 saturated carbocycles. The fourth-order valence-corrected chi connectivity index (χ4v) is 2.93. The maximum Gasteiger partial charge on any atom is 0.292 e. The van der Waals surface area contributed by atoms with Crippen LogP contribution in [0.25, 0.3) is 0 Å². The molecule has 25 heavy (non-hydrogen) atoms. The van der Waals surface area contributed by atoms with Crippen molar-refractivity contribution in [3.63, 3.8) is 0 Å². The molecular formula is C17H18N4O4. The van der Waals surface area contributed by atoms with E-state index in [2.05, 4.69) is 14.7 Å². The fourth-order valence-electron chi connectivity index (χ4n) is 2.93. The van der Waals surface area contributed by atoms with E-state index in [4.69, 9.17) is 13.7 Å². The van der Waals surface area contributed by atoms with Crippen molar-refractivity contribution >= 4 is 5.91 Å². The molecule has 1 aliphatic heterocycles.